The van der Waals surface area contributed by atoms with Gasteiger partial charge in [0.1, 0.15) is 11.3 Å². The Bertz CT molecular complexity index is 1290. The molecule has 0 bridgehead atoms. The quantitative estimate of drug-likeness (QED) is 0.426. The van der Waals surface area contributed by atoms with E-state index in [0.29, 0.717) is 23.5 Å². The van der Waals surface area contributed by atoms with Gasteiger partial charge in [0.05, 0.1) is 17.9 Å². The van der Waals surface area contributed by atoms with Gasteiger partial charge < -0.3 is 9.30 Å². The maximum Gasteiger partial charge on any atom is 0.279 e. The summed E-state index contributed by atoms with van der Waals surface area (Å²) in [5.74, 6) is 3.09. The van der Waals surface area contributed by atoms with E-state index in [1.165, 1.54) is 11.3 Å². The highest BCUT2D eigenvalue weighted by molar-refractivity contribution is 7.16. The first-order valence-electron chi connectivity index (χ1n) is 9.64. The Morgan fingerprint density at radius 2 is 1.77 bits per heavy atom. The van der Waals surface area contributed by atoms with E-state index in [2.05, 4.69) is 10.9 Å². The summed E-state index contributed by atoms with van der Waals surface area (Å²) in [6.07, 6.45) is 5.58. The number of benzene rings is 3. The van der Waals surface area contributed by atoms with Crippen molar-refractivity contribution in [2.45, 2.75) is 13.5 Å². The van der Waals surface area contributed by atoms with E-state index in [0.717, 1.165) is 27.1 Å². The van der Waals surface area contributed by atoms with Gasteiger partial charge in [-0.25, -0.2) is 0 Å². The monoisotopic (exact) mass is 412 g/mol. The summed E-state index contributed by atoms with van der Waals surface area (Å²) in [6, 6.07) is 23.3. The lowest BCUT2D eigenvalue weighted by Crippen LogP contribution is -2.17. The molecule has 0 saturated carbocycles. The lowest BCUT2D eigenvalue weighted by molar-refractivity contribution is 0.0998. The number of hydrogen-bond donors (Lipinski definition) is 0. The summed E-state index contributed by atoms with van der Waals surface area (Å²) in [7, 11) is 0. The molecule has 4 rings (SSSR count). The molecule has 0 fully saturated rings. The maximum absolute atomic E-state index is 12.8. The van der Waals surface area contributed by atoms with E-state index in [1.54, 1.807) is 12.1 Å². The number of terminal acetylenes is 1. The fraction of sp³-hybridized carbons (Fsp3) is 0.120. The number of amides is 1. The van der Waals surface area contributed by atoms with Crippen molar-refractivity contribution in [1.29, 1.82) is 0 Å². The average Bonchev–Trinajstić information content (AvgIpc) is 3.13. The molecule has 5 heteroatoms. The van der Waals surface area contributed by atoms with E-state index in [4.69, 9.17) is 11.2 Å². The molecule has 1 heterocycles. The van der Waals surface area contributed by atoms with E-state index in [1.807, 2.05) is 72.2 Å². The second-order valence-electron chi connectivity index (χ2n) is 6.57. The van der Waals surface area contributed by atoms with Crippen molar-refractivity contribution in [2.24, 2.45) is 4.99 Å². The van der Waals surface area contributed by atoms with Crippen molar-refractivity contribution in [2.75, 3.05) is 6.61 Å². The number of thiazole rings is 1. The van der Waals surface area contributed by atoms with E-state index in [-0.39, 0.29) is 5.91 Å². The Kier molecular flexibility index (Phi) is 5.78. The predicted molar refractivity (Wildman–Crippen MR) is 122 cm³/mol. The van der Waals surface area contributed by atoms with Crippen molar-refractivity contribution in [3.8, 4) is 29.2 Å². The smallest absolute Gasteiger partial charge is 0.279 e. The van der Waals surface area contributed by atoms with Gasteiger partial charge in [0.15, 0.2) is 4.80 Å². The highest BCUT2D eigenvalue weighted by Gasteiger charge is 2.13. The predicted octanol–water partition coefficient (Wildman–Crippen LogP) is 5.14. The van der Waals surface area contributed by atoms with Crippen LogP contribution in [0.5, 0.6) is 5.75 Å². The molecule has 0 spiro atoms. The second-order valence-corrected chi connectivity index (χ2v) is 7.58. The zero-order valence-corrected chi connectivity index (χ0v) is 17.4. The molecule has 1 aromatic heterocycles. The first kappa shape index (κ1) is 19.7. The lowest BCUT2D eigenvalue weighted by atomic mass is 10.0. The van der Waals surface area contributed by atoms with Crippen LogP contribution in [0.1, 0.15) is 17.3 Å². The largest absolute Gasteiger partial charge is 0.492 e. The number of carbonyl (C=O) groups excluding carboxylic acids is 1. The maximum atomic E-state index is 12.8. The zero-order chi connectivity index (χ0) is 20.9. The third-order valence-corrected chi connectivity index (χ3v) is 5.69. The van der Waals surface area contributed by atoms with Crippen molar-refractivity contribution < 1.29 is 9.53 Å². The Morgan fingerprint density at radius 1 is 1.03 bits per heavy atom. The molecule has 0 atom stereocenters. The highest BCUT2D eigenvalue weighted by atomic mass is 32.1. The molecule has 0 aliphatic rings. The van der Waals surface area contributed by atoms with Crippen LogP contribution in [0.4, 0.5) is 0 Å². The van der Waals surface area contributed by atoms with Crippen LogP contribution in [0.2, 0.25) is 0 Å². The number of nitrogens with zero attached hydrogens (tertiary/aromatic N) is 2. The van der Waals surface area contributed by atoms with Gasteiger partial charge in [-0.1, -0.05) is 65.8 Å². The van der Waals surface area contributed by atoms with Gasteiger partial charge in [0.2, 0.25) is 0 Å². The summed E-state index contributed by atoms with van der Waals surface area (Å²) in [5, 5.41) is 0. The SMILES string of the molecule is C#CCn1c(=NC(=O)c2ccc(-c3ccccc3)cc2)sc2cccc(OCC)c21. The normalized spacial score (nSPS) is 11.4. The zero-order valence-electron chi connectivity index (χ0n) is 16.5. The highest BCUT2D eigenvalue weighted by Crippen LogP contribution is 2.27. The first-order valence-corrected chi connectivity index (χ1v) is 10.5. The first-order chi connectivity index (χ1) is 14.7. The van der Waals surface area contributed by atoms with Crippen LogP contribution in [0, 0.1) is 12.3 Å². The molecule has 4 nitrogen and oxygen atoms in total. The number of rotatable bonds is 5. The van der Waals surface area contributed by atoms with Gasteiger partial charge in [0, 0.05) is 5.56 Å². The Labute approximate surface area is 179 Å². The van der Waals surface area contributed by atoms with E-state index in [9.17, 15) is 4.79 Å². The van der Waals surface area contributed by atoms with Crippen molar-refractivity contribution in [1.82, 2.24) is 4.57 Å². The van der Waals surface area contributed by atoms with Crippen molar-refractivity contribution in [3.05, 3.63) is 83.2 Å². The summed E-state index contributed by atoms with van der Waals surface area (Å²) in [4.78, 5) is 17.8. The average molecular weight is 413 g/mol. The fourth-order valence-electron chi connectivity index (χ4n) is 3.28. The molecule has 0 radical (unpaired) electrons. The molecule has 1 amide bonds. The van der Waals surface area contributed by atoms with Crippen LogP contribution in [0.25, 0.3) is 21.3 Å². The van der Waals surface area contributed by atoms with Gasteiger partial charge in [-0.3, -0.25) is 4.79 Å². The number of fused-ring (bicyclic) bond motifs is 1. The summed E-state index contributed by atoms with van der Waals surface area (Å²) in [5.41, 5.74) is 3.56. The molecule has 0 aliphatic heterocycles. The minimum absolute atomic E-state index is 0.301. The molecular formula is C25H20N2O2S. The van der Waals surface area contributed by atoms with Crippen molar-refractivity contribution in [3.63, 3.8) is 0 Å². The van der Waals surface area contributed by atoms with Crippen molar-refractivity contribution >= 4 is 27.5 Å². The molecule has 0 aliphatic carbocycles. The minimum atomic E-state index is -0.301. The number of hydrogen-bond acceptors (Lipinski definition) is 3. The Balaban J connectivity index is 1.74. The van der Waals surface area contributed by atoms with Crippen LogP contribution >= 0.6 is 11.3 Å². The molecule has 0 unspecified atom stereocenters. The topological polar surface area (TPSA) is 43.6 Å². The Morgan fingerprint density at radius 3 is 2.47 bits per heavy atom. The molecule has 3 aromatic carbocycles. The number of carbonyl (C=O) groups is 1. The van der Waals surface area contributed by atoms with Crippen LogP contribution in [-0.2, 0) is 6.54 Å². The van der Waals surface area contributed by atoms with Crippen LogP contribution < -0.4 is 9.54 Å². The summed E-state index contributed by atoms with van der Waals surface area (Å²) < 4.78 is 8.59. The number of para-hydroxylation sites is 1. The number of ether oxygens (including phenoxy) is 1. The second kappa shape index (κ2) is 8.81. The Hall–Kier alpha value is -3.62. The van der Waals surface area contributed by atoms with Gasteiger partial charge in [-0.05, 0) is 42.3 Å². The summed E-state index contributed by atoms with van der Waals surface area (Å²) in [6.45, 7) is 2.79. The molecule has 148 valence electrons. The van der Waals surface area contributed by atoms with Crippen LogP contribution in [-0.4, -0.2) is 17.1 Å². The van der Waals surface area contributed by atoms with Crippen LogP contribution in [0.15, 0.2) is 77.8 Å². The summed E-state index contributed by atoms with van der Waals surface area (Å²) >= 11 is 1.43. The third-order valence-electron chi connectivity index (χ3n) is 4.65. The number of aromatic nitrogens is 1. The molecular weight excluding hydrogens is 392 g/mol. The third kappa shape index (κ3) is 3.91. The van der Waals surface area contributed by atoms with E-state index < -0.39 is 0 Å². The van der Waals surface area contributed by atoms with Gasteiger partial charge >= 0.3 is 0 Å². The van der Waals surface area contributed by atoms with Crippen LogP contribution in [0.3, 0.4) is 0 Å². The van der Waals surface area contributed by atoms with E-state index >= 15 is 0 Å². The molecule has 0 N–H and O–H groups in total. The molecule has 30 heavy (non-hydrogen) atoms. The fourth-order valence-corrected chi connectivity index (χ4v) is 4.33. The van der Waals surface area contributed by atoms with Gasteiger partial charge in [-0.2, -0.15) is 4.99 Å². The van der Waals surface area contributed by atoms with Gasteiger partial charge in [-0.15, -0.1) is 6.42 Å². The molecule has 4 aromatic rings. The van der Waals surface area contributed by atoms with Gasteiger partial charge in [0.25, 0.3) is 5.91 Å². The lowest BCUT2D eigenvalue weighted by Gasteiger charge is -2.07. The minimum Gasteiger partial charge on any atom is -0.492 e. The standard InChI is InChI=1S/C25H20N2O2S/c1-3-17-27-23-21(29-4-2)11-8-12-22(23)30-25(27)26-24(28)20-15-13-19(14-16-20)18-9-6-5-7-10-18/h1,5-16H,4,17H2,2H3. The molecule has 0 saturated heterocycles.